The molecule has 0 atom stereocenters. The second-order valence-electron chi connectivity index (χ2n) is 5.77. The van der Waals surface area contributed by atoms with Crippen molar-refractivity contribution in [3.63, 3.8) is 0 Å². The van der Waals surface area contributed by atoms with Crippen LogP contribution in [-0.4, -0.2) is 37.3 Å². The van der Waals surface area contributed by atoms with E-state index in [0.717, 1.165) is 6.26 Å². The van der Waals surface area contributed by atoms with E-state index in [0.29, 0.717) is 0 Å². The number of benzene rings is 1. The second kappa shape index (κ2) is 7.18. The van der Waals surface area contributed by atoms with Gasteiger partial charge in [0, 0.05) is 23.9 Å². The number of urea groups is 1. The fourth-order valence-corrected chi connectivity index (χ4v) is 3.12. The van der Waals surface area contributed by atoms with E-state index in [-0.39, 0.29) is 28.4 Å². The number of rotatable bonds is 6. The van der Waals surface area contributed by atoms with Crippen LogP contribution in [0.2, 0.25) is 5.02 Å². The van der Waals surface area contributed by atoms with Crippen molar-refractivity contribution in [3.05, 3.63) is 23.2 Å². The highest BCUT2D eigenvalue weighted by molar-refractivity contribution is 7.90. The Bertz CT molecular complexity index is 716. The Labute approximate surface area is 139 Å². The number of aliphatic carboxylic acids is 1. The molecule has 0 fully saturated rings. The normalized spacial score (nSPS) is 11.8. The summed E-state index contributed by atoms with van der Waals surface area (Å²) in [6.07, 6.45) is 1.20. The second-order valence-corrected chi connectivity index (χ2v) is 8.17. The molecule has 1 aromatic rings. The number of carboxylic acids is 1. The Kier molecular flexibility index (Phi) is 6.01. The van der Waals surface area contributed by atoms with E-state index in [1.807, 2.05) is 0 Å². The van der Waals surface area contributed by atoms with Gasteiger partial charge in [-0.2, -0.15) is 0 Å². The first kappa shape index (κ1) is 19.2. The van der Waals surface area contributed by atoms with Crippen molar-refractivity contribution in [2.45, 2.75) is 37.1 Å². The third-order valence-electron chi connectivity index (χ3n) is 3.00. The first-order chi connectivity index (χ1) is 10.4. The van der Waals surface area contributed by atoms with E-state index in [1.165, 1.54) is 18.2 Å². The summed E-state index contributed by atoms with van der Waals surface area (Å²) in [7, 11) is -3.51. The maximum atomic E-state index is 12.0. The third-order valence-corrected chi connectivity index (χ3v) is 4.58. The number of halogens is 1. The smallest absolute Gasteiger partial charge is 0.319 e. The zero-order valence-corrected chi connectivity index (χ0v) is 14.6. The molecule has 23 heavy (non-hydrogen) atoms. The van der Waals surface area contributed by atoms with Crippen LogP contribution in [0, 0.1) is 0 Å². The van der Waals surface area contributed by atoms with Gasteiger partial charge < -0.3 is 15.7 Å². The lowest BCUT2D eigenvalue weighted by molar-refractivity contribution is -0.137. The van der Waals surface area contributed by atoms with E-state index < -0.39 is 27.4 Å². The van der Waals surface area contributed by atoms with E-state index in [2.05, 4.69) is 10.6 Å². The monoisotopic (exact) mass is 362 g/mol. The van der Waals surface area contributed by atoms with Crippen molar-refractivity contribution in [2.75, 3.05) is 11.6 Å². The number of carbonyl (C=O) groups is 2. The highest BCUT2D eigenvalue weighted by Gasteiger charge is 2.22. The number of hydrogen-bond acceptors (Lipinski definition) is 4. The van der Waals surface area contributed by atoms with Gasteiger partial charge >= 0.3 is 12.0 Å². The molecule has 0 heterocycles. The van der Waals surface area contributed by atoms with Crippen LogP contribution in [0.15, 0.2) is 23.1 Å². The van der Waals surface area contributed by atoms with Crippen LogP contribution in [0.5, 0.6) is 0 Å². The fourth-order valence-electron chi connectivity index (χ4n) is 1.82. The van der Waals surface area contributed by atoms with Crippen LogP contribution in [0.3, 0.4) is 0 Å². The summed E-state index contributed by atoms with van der Waals surface area (Å²) >= 11 is 5.83. The lowest BCUT2D eigenvalue weighted by atomic mass is 9.99. The predicted molar refractivity (Wildman–Crippen MR) is 87.7 cm³/mol. The van der Waals surface area contributed by atoms with Gasteiger partial charge in [-0.25, -0.2) is 13.2 Å². The molecule has 0 aliphatic heterocycles. The molecule has 0 saturated carbocycles. The Morgan fingerprint density at radius 3 is 2.43 bits per heavy atom. The van der Waals surface area contributed by atoms with Gasteiger partial charge in [0.05, 0.1) is 9.92 Å². The van der Waals surface area contributed by atoms with Gasteiger partial charge in [0.2, 0.25) is 0 Å². The molecular formula is C14H19ClN2O5S. The van der Waals surface area contributed by atoms with Crippen molar-refractivity contribution in [1.29, 1.82) is 0 Å². The maximum absolute atomic E-state index is 12.0. The molecule has 0 aliphatic carbocycles. The average molecular weight is 363 g/mol. The fraction of sp³-hybridized carbons (Fsp3) is 0.429. The summed E-state index contributed by atoms with van der Waals surface area (Å²) in [5.74, 6) is -0.948. The van der Waals surface area contributed by atoms with E-state index in [1.54, 1.807) is 13.8 Å². The molecule has 1 aromatic carbocycles. The highest BCUT2D eigenvalue weighted by atomic mass is 35.5. The van der Waals surface area contributed by atoms with E-state index in [9.17, 15) is 18.0 Å². The number of hydrogen-bond donors (Lipinski definition) is 3. The summed E-state index contributed by atoms with van der Waals surface area (Å²) in [6.45, 7) is 3.39. The van der Waals surface area contributed by atoms with Crippen molar-refractivity contribution in [3.8, 4) is 0 Å². The van der Waals surface area contributed by atoms with Gasteiger partial charge in [0.15, 0.2) is 9.84 Å². The maximum Gasteiger partial charge on any atom is 0.319 e. The molecule has 0 spiro atoms. The summed E-state index contributed by atoms with van der Waals surface area (Å²) in [5.41, 5.74) is -0.462. The Balaban J connectivity index is 2.80. The van der Waals surface area contributed by atoms with Gasteiger partial charge in [-0.05, 0) is 38.5 Å². The molecule has 7 nitrogen and oxygen atoms in total. The van der Waals surface area contributed by atoms with Crippen LogP contribution in [0.1, 0.15) is 26.7 Å². The molecule has 0 bridgehead atoms. The van der Waals surface area contributed by atoms with Crippen LogP contribution in [0.4, 0.5) is 10.5 Å². The number of carbonyl (C=O) groups excluding carboxylic acids is 1. The van der Waals surface area contributed by atoms with Gasteiger partial charge in [0.25, 0.3) is 0 Å². The van der Waals surface area contributed by atoms with Crippen molar-refractivity contribution >= 4 is 39.1 Å². The van der Waals surface area contributed by atoms with Crippen LogP contribution in [0.25, 0.3) is 0 Å². The van der Waals surface area contributed by atoms with Gasteiger partial charge in [-0.3, -0.25) is 4.79 Å². The van der Waals surface area contributed by atoms with E-state index in [4.69, 9.17) is 16.7 Å². The standard InChI is InChI=1S/C14H19ClN2O5S/c1-14(2,7-6-12(18)19)17-13(20)16-9-4-5-10(15)11(8-9)23(3,21)22/h4-5,8H,6-7H2,1-3H3,(H,18,19)(H2,16,17,20). The predicted octanol–water partition coefficient (Wildman–Crippen LogP) is 2.51. The van der Waals surface area contributed by atoms with Crippen molar-refractivity contribution < 1.29 is 23.1 Å². The molecule has 0 radical (unpaired) electrons. The molecule has 9 heteroatoms. The third kappa shape index (κ3) is 6.45. The molecule has 2 amide bonds. The molecule has 3 N–H and O–H groups in total. The summed E-state index contributed by atoms with van der Waals surface area (Å²) in [6, 6.07) is 3.55. The molecule has 0 aliphatic rings. The molecule has 0 saturated heterocycles. The van der Waals surface area contributed by atoms with Crippen LogP contribution < -0.4 is 10.6 Å². The molecule has 128 valence electrons. The number of carboxylic acid groups (broad SMARTS) is 1. The zero-order valence-electron chi connectivity index (χ0n) is 13.0. The topological polar surface area (TPSA) is 113 Å². The van der Waals surface area contributed by atoms with Crippen LogP contribution in [-0.2, 0) is 14.6 Å². The van der Waals surface area contributed by atoms with Crippen molar-refractivity contribution in [1.82, 2.24) is 5.32 Å². The highest BCUT2D eigenvalue weighted by Crippen LogP contribution is 2.25. The lowest BCUT2D eigenvalue weighted by Gasteiger charge is -2.25. The number of sulfone groups is 1. The first-order valence-corrected chi connectivity index (χ1v) is 8.98. The zero-order chi connectivity index (χ0) is 17.8. The molecular weight excluding hydrogens is 344 g/mol. The van der Waals surface area contributed by atoms with Gasteiger partial charge in [0.1, 0.15) is 0 Å². The molecule has 0 aromatic heterocycles. The minimum Gasteiger partial charge on any atom is -0.481 e. The number of anilines is 1. The Morgan fingerprint density at radius 2 is 1.91 bits per heavy atom. The summed E-state index contributed by atoms with van der Waals surface area (Å²) < 4.78 is 23.2. The van der Waals surface area contributed by atoms with Gasteiger partial charge in [-0.1, -0.05) is 11.6 Å². The molecule has 0 unspecified atom stereocenters. The summed E-state index contributed by atoms with van der Waals surface area (Å²) in [5, 5.41) is 13.9. The van der Waals surface area contributed by atoms with Crippen molar-refractivity contribution in [2.24, 2.45) is 0 Å². The molecule has 1 rings (SSSR count). The van der Waals surface area contributed by atoms with Crippen LogP contribution >= 0.6 is 11.6 Å². The lowest BCUT2D eigenvalue weighted by Crippen LogP contribution is -2.45. The first-order valence-electron chi connectivity index (χ1n) is 6.71. The minimum absolute atomic E-state index is 0.0697. The number of amides is 2. The quantitative estimate of drug-likeness (QED) is 0.719. The van der Waals surface area contributed by atoms with E-state index >= 15 is 0 Å². The van der Waals surface area contributed by atoms with Gasteiger partial charge in [-0.15, -0.1) is 0 Å². The Morgan fingerprint density at radius 1 is 1.30 bits per heavy atom. The largest absolute Gasteiger partial charge is 0.481 e. The number of nitrogens with one attached hydrogen (secondary N) is 2. The average Bonchev–Trinajstić information content (AvgIpc) is 2.37. The summed E-state index contributed by atoms with van der Waals surface area (Å²) in [4.78, 5) is 22.5. The SMILES string of the molecule is CC(C)(CCC(=O)O)NC(=O)Nc1ccc(Cl)c(S(C)(=O)=O)c1. The Hall–Kier alpha value is -1.80. The minimum atomic E-state index is -3.51.